The molecule has 2 N–H and O–H groups in total. The smallest absolute Gasteiger partial charge is 0.324 e. The predicted octanol–water partition coefficient (Wildman–Crippen LogP) is 3.20. The molecule has 28 heavy (non-hydrogen) atoms. The first kappa shape index (κ1) is 19.3. The standard InChI is InChI=1S/C21H27N3O3S/c25-19-14-24(20(26)22-19)11-2-1-3-12-28-23-21(9-10-21)17-5-4-6-18(13-17)27-15-16-7-8-16/h1-2,4-6,13,16,23H,3,7-12,14-15H2,(H,22,25,26)/b2-1+. The van der Waals surface area contributed by atoms with Gasteiger partial charge in [-0.1, -0.05) is 36.2 Å². The first-order valence-electron chi connectivity index (χ1n) is 10.0. The lowest BCUT2D eigenvalue weighted by atomic mass is 10.1. The number of hydrogen-bond acceptors (Lipinski definition) is 5. The third-order valence-electron chi connectivity index (χ3n) is 5.33. The van der Waals surface area contributed by atoms with Crippen molar-refractivity contribution >= 4 is 23.9 Å². The van der Waals surface area contributed by atoms with Crippen LogP contribution in [0.2, 0.25) is 0 Å². The molecule has 3 aliphatic rings. The summed E-state index contributed by atoms with van der Waals surface area (Å²) in [5, 5.41) is 2.28. The van der Waals surface area contributed by atoms with Crippen molar-refractivity contribution in [3.05, 3.63) is 42.0 Å². The second-order valence-corrected chi connectivity index (χ2v) is 8.71. The van der Waals surface area contributed by atoms with E-state index in [1.165, 1.54) is 23.3 Å². The van der Waals surface area contributed by atoms with Gasteiger partial charge in [-0.3, -0.25) is 14.8 Å². The molecule has 3 fully saturated rings. The number of allylic oxidation sites excluding steroid dienone is 1. The van der Waals surface area contributed by atoms with Gasteiger partial charge in [0.15, 0.2) is 0 Å². The summed E-state index contributed by atoms with van der Waals surface area (Å²) in [5.41, 5.74) is 1.40. The Labute approximate surface area is 170 Å². The minimum absolute atomic E-state index is 0.0847. The van der Waals surface area contributed by atoms with E-state index in [9.17, 15) is 9.59 Å². The Bertz CT molecular complexity index is 759. The van der Waals surface area contributed by atoms with Gasteiger partial charge in [0.1, 0.15) is 12.3 Å². The molecule has 2 aliphatic carbocycles. The maximum atomic E-state index is 11.4. The SMILES string of the molecule is O=C1CN(C/C=C/CCSNC2(c3cccc(OCC4CC4)c3)CC2)C(=O)N1. The van der Waals surface area contributed by atoms with Crippen molar-refractivity contribution in [3.63, 3.8) is 0 Å². The molecule has 0 radical (unpaired) electrons. The van der Waals surface area contributed by atoms with Crippen molar-refractivity contribution in [3.8, 4) is 5.75 Å². The Balaban J connectivity index is 1.16. The molecule has 0 unspecified atom stereocenters. The average molecular weight is 402 g/mol. The Morgan fingerprint density at radius 2 is 2.14 bits per heavy atom. The highest BCUT2D eigenvalue weighted by atomic mass is 32.2. The summed E-state index contributed by atoms with van der Waals surface area (Å²) in [7, 11) is 0. The van der Waals surface area contributed by atoms with Crippen molar-refractivity contribution in [2.24, 2.45) is 5.92 Å². The number of hydrogen-bond donors (Lipinski definition) is 2. The topological polar surface area (TPSA) is 70.7 Å². The van der Waals surface area contributed by atoms with Crippen LogP contribution in [-0.2, 0) is 10.3 Å². The molecule has 6 nitrogen and oxygen atoms in total. The number of carbonyl (C=O) groups excluding carboxylic acids is 2. The molecular formula is C21H27N3O3S. The van der Waals surface area contributed by atoms with Gasteiger partial charge in [-0.15, -0.1) is 0 Å². The lowest BCUT2D eigenvalue weighted by Crippen LogP contribution is -2.28. The molecule has 1 heterocycles. The van der Waals surface area contributed by atoms with E-state index in [2.05, 4.69) is 34.3 Å². The van der Waals surface area contributed by atoms with Gasteiger partial charge in [0.25, 0.3) is 0 Å². The van der Waals surface area contributed by atoms with E-state index < -0.39 is 0 Å². The summed E-state index contributed by atoms with van der Waals surface area (Å²) in [4.78, 5) is 24.1. The summed E-state index contributed by atoms with van der Waals surface area (Å²) in [6.45, 7) is 1.48. The van der Waals surface area contributed by atoms with E-state index in [1.807, 2.05) is 12.1 Å². The molecule has 3 amide bonds. The van der Waals surface area contributed by atoms with Gasteiger partial charge in [-0.25, -0.2) is 4.79 Å². The fraction of sp³-hybridized carbons (Fsp3) is 0.524. The second kappa shape index (κ2) is 8.57. The molecule has 2 saturated carbocycles. The highest BCUT2D eigenvalue weighted by molar-refractivity contribution is 7.97. The molecule has 150 valence electrons. The number of rotatable bonds is 11. The Hall–Kier alpha value is -1.99. The summed E-state index contributed by atoms with van der Waals surface area (Å²) < 4.78 is 9.57. The molecule has 1 aliphatic heterocycles. The maximum absolute atomic E-state index is 11.4. The molecule has 0 bridgehead atoms. The molecule has 4 rings (SSSR count). The van der Waals surface area contributed by atoms with Crippen LogP contribution in [0.1, 0.15) is 37.7 Å². The molecule has 7 heteroatoms. The fourth-order valence-corrected chi connectivity index (χ4v) is 4.18. The van der Waals surface area contributed by atoms with Crippen molar-refractivity contribution in [1.82, 2.24) is 14.9 Å². The third kappa shape index (κ3) is 5.08. The van der Waals surface area contributed by atoms with Crippen LogP contribution in [0.25, 0.3) is 0 Å². The van der Waals surface area contributed by atoms with E-state index in [1.54, 1.807) is 11.9 Å². The van der Waals surface area contributed by atoms with Gasteiger partial charge < -0.3 is 9.64 Å². The van der Waals surface area contributed by atoms with Gasteiger partial charge in [-0.05, 0) is 55.7 Å². The quantitative estimate of drug-likeness (QED) is 0.258. The van der Waals surface area contributed by atoms with Gasteiger partial charge >= 0.3 is 6.03 Å². The fourth-order valence-electron chi connectivity index (χ4n) is 3.22. The lowest BCUT2D eigenvalue weighted by Gasteiger charge is -2.18. The van der Waals surface area contributed by atoms with Crippen LogP contribution >= 0.6 is 11.9 Å². The monoisotopic (exact) mass is 401 g/mol. The maximum Gasteiger partial charge on any atom is 0.324 e. The highest BCUT2D eigenvalue weighted by Crippen LogP contribution is 2.47. The molecular weight excluding hydrogens is 374 g/mol. The van der Waals surface area contributed by atoms with Crippen molar-refractivity contribution < 1.29 is 14.3 Å². The Morgan fingerprint density at radius 3 is 2.86 bits per heavy atom. The van der Waals surface area contributed by atoms with E-state index in [0.29, 0.717) is 6.54 Å². The molecule has 1 saturated heterocycles. The van der Waals surface area contributed by atoms with Crippen molar-refractivity contribution in [2.45, 2.75) is 37.6 Å². The van der Waals surface area contributed by atoms with Crippen LogP contribution in [0.15, 0.2) is 36.4 Å². The number of amides is 3. The Kier molecular flexibility index (Phi) is 5.92. The summed E-state index contributed by atoms with van der Waals surface area (Å²) in [5.74, 6) is 2.48. The minimum atomic E-state index is -0.301. The summed E-state index contributed by atoms with van der Waals surface area (Å²) >= 11 is 1.75. The first-order chi connectivity index (χ1) is 13.6. The van der Waals surface area contributed by atoms with E-state index in [4.69, 9.17) is 4.74 Å². The Morgan fingerprint density at radius 1 is 1.29 bits per heavy atom. The van der Waals surface area contributed by atoms with Crippen LogP contribution in [0.3, 0.4) is 0 Å². The minimum Gasteiger partial charge on any atom is -0.493 e. The number of carbonyl (C=O) groups is 2. The van der Waals surface area contributed by atoms with Gasteiger partial charge in [0, 0.05) is 12.3 Å². The number of nitrogens with zero attached hydrogens (tertiary/aromatic N) is 1. The zero-order chi connectivity index (χ0) is 19.4. The lowest BCUT2D eigenvalue weighted by molar-refractivity contribution is -0.118. The van der Waals surface area contributed by atoms with Crippen LogP contribution in [-0.4, -0.2) is 42.3 Å². The molecule has 0 aromatic heterocycles. The summed E-state index contributed by atoms with van der Waals surface area (Å²) in [6.07, 6.45) is 9.85. The number of ether oxygens (including phenoxy) is 1. The van der Waals surface area contributed by atoms with E-state index in [-0.39, 0.29) is 24.0 Å². The number of benzene rings is 1. The average Bonchev–Trinajstić information content (AvgIpc) is 3.60. The zero-order valence-corrected chi connectivity index (χ0v) is 16.8. The van der Waals surface area contributed by atoms with E-state index in [0.717, 1.165) is 43.3 Å². The first-order valence-corrected chi connectivity index (χ1v) is 11.0. The third-order valence-corrected chi connectivity index (χ3v) is 6.31. The van der Waals surface area contributed by atoms with Gasteiger partial charge in [0.2, 0.25) is 5.91 Å². The molecule has 0 spiro atoms. The second-order valence-electron chi connectivity index (χ2n) is 7.81. The molecule has 1 aromatic rings. The van der Waals surface area contributed by atoms with Gasteiger partial charge in [-0.2, -0.15) is 0 Å². The number of nitrogens with one attached hydrogen (secondary N) is 2. The van der Waals surface area contributed by atoms with Crippen molar-refractivity contribution in [1.29, 1.82) is 0 Å². The van der Waals surface area contributed by atoms with Gasteiger partial charge in [0.05, 0.1) is 12.1 Å². The van der Waals surface area contributed by atoms with Crippen LogP contribution in [0, 0.1) is 5.92 Å². The summed E-state index contributed by atoms with van der Waals surface area (Å²) in [6, 6.07) is 8.21. The normalized spacial score (nSPS) is 20.6. The number of urea groups is 1. The largest absolute Gasteiger partial charge is 0.493 e. The van der Waals surface area contributed by atoms with Crippen LogP contribution < -0.4 is 14.8 Å². The molecule has 0 atom stereocenters. The molecule has 1 aromatic carbocycles. The van der Waals surface area contributed by atoms with Crippen LogP contribution in [0.4, 0.5) is 4.79 Å². The van der Waals surface area contributed by atoms with Crippen LogP contribution in [0.5, 0.6) is 5.75 Å². The number of imide groups is 1. The van der Waals surface area contributed by atoms with E-state index >= 15 is 0 Å². The highest BCUT2D eigenvalue weighted by Gasteiger charge is 2.44. The zero-order valence-electron chi connectivity index (χ0n) is 16.0. The predicted molar refractivity (Wildman–Crippen MR) is 110 cm³/mol. The van der Waals surface area contributed by atoms with Crippen molar-refractivity contribution in [2.75, 3.05) is 25.4 Å².